The number of aryl methyl sites for hydroxylation is 2. The zero-order chi connectivity index (χ0) is 19.7. The Morgan fingerprint density at radius 2 is 1.96 bits per heavy atom. The minimum Gasteiger partial charge on any atom is -0.508 e. The maximum atomic E-state index is 12.5. The van der Waals surface area contributed by atoms with E-state index in [0.29, 0.717) is 23.6 Å². The average Bonchev–Trinajstić information content (AvgIpc) is 2.99. The molecule has 0 aliphatic carbocycles. The van der Waals surface area contributed by atoms with Gasteiger partial charge in [-0.1, -0.05) is 6.92 Å². The lowest BCUT2D eigenvalue weighted by molar-refractivity contribution is 0.450. The number of hydrogen-bond acceptors (Lipinski definition) is 7. The molecule has 0 saturated heterocycles. The summed E-state index contributed by atoms with van der Waals surface area (Å²) in [5, 5.41) is 23.2. The van der Waals surface area contributed by atoms with E-state index >= 15 is 0 Å². The molecule has 2 aromatic heterocycles. The van der Waals surface area contributed by atoms with Crippen molar-refractivity contribution in [3.8, 4) is 11.5 Å². The molecule has 0 unspecified atom stereocenters. The van der Waals surface area contributed by atoms with Gasteiger partial charge in [-0.15, -0.1) is 0 Å². The number of nitrogens with zero attached hydrogens (tertiary/aromatic N) is 5. The van der Waals surface area contributed by atoms with Crippen LogP contribution in [0.25, 0.3) is 11.2 Å². The van der Waals surface area contributed by atoms with Crippen molar-refractivity contribution in [3.63, 3.8) is 0 Å². The summed E-state index contributed by atoms with van der Waals surface area (Å²) in [5.74, 6) is 0.123. The Labute approximate surface area is 153 Å². The maximum Gasteiger partial charge on any atom is 0.332 e. The summed E-state index contributed by atoms with van der Waals surface area (Å²) < 4.78 is 4.02. The predicted molar refractivity (Wildman–Crippen MR) is 101 cm³/mol. The largest absolute Gasteiger partial charge is 0.508 e. The number of aromatic nitrogens is 4. The fraction of sp³-hybridized carbons (Fsp3) is 0.294. The van der Waals surface area contributed by atoms with Crippen molar-refractivity contribution >= 4 is 23.3 Å². The monoisotopic (exact) mass is 372 g/mol. The van der Waals surface area contributed by atoms with Crippen LogP contribution in [0.1, 0.15) is 18.9 Å². The van der Waals surface area contributed by atoms with Crippen molar-refractivity contribution in [2.24, 2.45) is 19.2 Å². The van der Waals surface area contributed by atoms with Gasteiger partial charge >= 0.3 is 5.69 Å². The molecule has 0 spiro atoms. The van der Waals surface area contributed by atoms with Gasteiger partial charge in [-0.3, -0.25) is 13.9 Å². The first kappa shape index (κ1) is 18.2. The number of phenols is 2. The van der Waals surface area contributed by atoms with Gasteiger partial charge in [0.1, 0.15) is 11.5 Å². The van der Waals surface area contributed by atoms with Gasteiger partial charge in [0.25, 0.3) is 5.56 Å². The molecule has 1 aromatic carbocycles. The van der Waals surface area contributed by atoms with Crippen molar-refractivity contribution in [2.45, 2.75) is 19.9 Å². The molecule has 0 fully saturated rings. The van der Waals surface area contributed by atoms with Gasteiger partial charge < -0.3 is 14.8 Å². The summed E-state index contributed by atoms with van der Waals surface area (Å²) in [6.45, 7) is 2.46. The first-order chi connectivity index (χ1) is 12.8. The van der Waals surface area contributed by atoms with Crippen LogP contribution in [-0.4, -0.2) is 35.1 Å². The zero-order valence-electron chi connectivity index (χ0n) is 15.2. The molecule has 3 rings (SSSR count). The molecule has 0 atom stereocenters. The third kappa shape index (κ3) is 3.16. The van der Waals surface area contributed by atoms with Gasteiger partial charge in [-0.05, 0) is 18.6 Å². The molecule has 3 aromatic rings. The minimum absolute atomic E-state index is 0.0564. The number of nitrogens with one attached hydrogen (secondary N) is 1. The quantitative estimate of drug-likeness (QED) is 0.447. The number of rotatable bonds is 5. The summed E-state index contributed by atoms with van der Waals surface area (Å²) in [4.78, 5) is 29.0. The van der Waals surface area contributed by atoms with Gasteiger partial charge in [0, 0.05) is 32.3 Å². The second-order valence-electron chi connectivity index (χ2n) is 6.08. The molecule has 142 valence electrons. The average molecular weight is 372 g/mol. The van der Waals surface area contributed by atoms with Crippen molar-refractivity contribution in [1.29, 1.82) is 0 Å². The highest BCUT2D eigenvalue weighted by atomic mass is 16.3. The van der Waals surface area contributed by atoms with Gasteiger partial charge in [-0.25, -0.2) is 10.2 Å². The van der Waals surface area contributed by atoms with E-state index in [-0.39, 0.29) is 17.1 Å². The second kappa shape index (κ2) is 6.98. The Balaban J connectivity index is 2.06. The lowest BCUT2D eigenvalue weighted by atomic mass is 10.2. The highest BCUT2D eigenvalue weighted by Crippen LogP contribution is 2.21. The van der Waals surface area contributed by atoms with Crippen LogP contribution in [0.5, 0.6) is 11.5 Å². The van der Waals surface area contributed by atoms with Crippen LogP contribution >= 0.6 is 0 Å². The molecule has 0 aliphatic heterocycles. The number of benzene rings is 1. The molecular weight excluding hydrogens is 352 g/mol. The molecule has 0 saturated carbocycles. The van der Waals surface area contributed by atoms with Gasteiger partial charge in [0.15, 0.2) is 11.2 Å². The Hall–Kier alpha value is -3.56. The maximum absolute atomic E-state index is 12.5. The Morgan fingerprint density at radius 3 is 2.63 bits per heavy atom. The predicted octanol–water partition coefficient (Wildman–Crippen LogP) is 0.701. The normalized spacial score (nSPS) is 11.5. The highest BCUT2D eigenvalue weighted by Gasteiger charge is 2.18. The summed E-state index contributed by atoms with van der Waals surface area (Å²) in [6.07, 6.45) is 2.11. The fourth-order valence-electron chi connectivity index (χ4n) is 2.77. The Morgan fingerprint density at radius 1 is 1.22 bits per heavy atom. The van der Waals surface area contributed by atoms with Crippen molar-refractivity contribution in [2.75, 3.05) is 5.43 Å². The summed E-state index contributed by atoms with van der Waals surface area (Å²) >= 11 is 0. The van der Waals surface area contributed by atoms with Gasteiger partial charge in [0.05, 0.1) is 6.21 Å². The number of hydrogen-bond donors (Lipinski definition) is 3. The van der Waals surface area contributed by atoms with E-state index < -0.39 is 11.2 Å². The van der Waals surface area contributed by atoms with Crippen molar-refractivity contribution in [1.82, 2.24) is 18.7 Å². The molecule has 27 heavy (non-hydrogen) atoms. The lowest BCUT2D eigenvalue weighted by Crippen LogP contribution is -2.37. The third-order valence-electron chi connectivity index (χ3n) is 4.18. The van der Waals surface area contributed by atoms with E-state index in [1.807, 2.05) is 6.92 Å². The van der Waals surface area contributed by atoms with Crippen LogP contribution in [-0.2, 0) is 20.6 Å². The Bertz CT molecular complexity index is 1150. The van der Waals surface area contributed by atoms with E-state index in [2.05, 4.69) is 15.5 Å². The van der Waals surface area contributed by atoms with Crippen LogP contribution in [0.2, 0.25) is 0 Å². The highest BCUT2D eigenvalue weighted by molar-refractivity contribution is 5.84. The van der Waals surface area contributed by atoms with E-state index in [0.717, 1.165) is 11.0 Å². The summed E-state index contributed by atoms with van der Waals surface area (Å²) in [6, 6.07) is 4.13. The topological polar surface area (TPSA) is 127 Å². The molecule has 0 bridgehead atoms. The van der Waals surface area contributed by atoms with E-state index in [1.54, 1.807) is 11.6 Å². The molecular formula is C17H20N6O4. The molecule has 2 heterocycles. The molecule has 0 amide bonds. The van der Waals surface area contributed by atoms with Gasteiger partial charge in [-0.2, -0.15) is 10.1 Å². The Kier molecular flexibility index (Phi) is 4.72. The first-order valence-corrected chi connectivity index (χ1v) is 8.32. The van der Waals surface area contributed by atoms with Crippen LogP contribution in [0.3, 0.4) is 0 Å². The fourth-order valence-corrected chi connectivity index (χ4v) is 2.77. The van der Waals surface area contributed by atoms with Crippen molar-refractivity contribution < 1.29 is 10.2 Å². The zero-order valence-corrected chi connectivity index (χ0v) is 15.2. The SMILES string of the molecule is CCCn1c(NN=Cc2ccc(O)cc2O)nc2c1c(=O)n(C)c(=O)n2C. The number of aromatic hydroxyl groups is 2. The minimum atomic E-state index is -0.460. The summed E-state index contributed by atoms with van der Waals surface area (Å²) in [5.41, 5.74) is 2.83. The smallest absolute Gasteiger partial charge is 0.332 e. The third-order valence-corrected chi connectivity index (χ3v) is 4.18. The van der Waals surface area contributed by atoms with Crippen LogP contribution < -0.4 is 16.7 Å². The van der Waals surface area contributed by atoms with Crippen LogP contribution in [0.4, 0.5) is 5.95 Å². The van der Waals surface area contributed by atoms with E-state index in [4.69, 9.17) is 0 Å². The molecule has 0 radical (unpaired) electrons. The van der Waals surface area contributed by atoms with E-state index in [1.165, 1.54) is 36.0 Å². The molecule has 10 nitrogen and oxygen atoms in total. The standard InChI is InChI=1S/C17H20N6O4/c1-4-7-23-13-14(21(2)17(27)22(3)15(13)26)19-16(23)20-18-9-10-5-6-11(24)8-12(10)25/h5-6,8-9,24-25H,4,7H2,1-3H3,(H,19,20). The lowest BCUT2D eigenvalue weighted by Gasteiger charge is -2.07. The number of imidazole rings is 1. The number of phenolic OH excluding ortho intramolecular Hbond substituents is 2. The van der Waals surface area contributed by atoms with E-state index in [9.17, 15) is 19.8 Å². The number of anilines is 1. The molecule has 10 heteroatoms. The second-order valence-corrected chi connectivity index (χ2v) is 6.08. The van der Waals surface area contributed by atoms with Crippen molar-refractivity contribution in [3.05, 3.63) is 44.6 Å². The van der Waals surface area contributed by atoms with Gasteiger partial charge in [0.2, 0.25) is 5.95 Å². The molecule has 0 aliphatic rings. The number of fused-ring (bicyclic) bond motifs is 1. The number of hydrazone groups is 1. The van der Waals surface area contributed by atoms with Crippen LogP contribution in [0.15, 0.2) is 32.9 Å². The first-order valence-electron chi connectivity index (χ1n) is 8.32. The summed E-state index contributed by atoms with van der Waals surface area (Å²) in [7, 11) is 2.97. The molecule has 3 N–H and O–H groups in total. The van der Waals surface area contributed by atoms with Crippen LogP contribution in [0, 0.1) is 0 Å².